The van der Waals surface area contributed by atoms with E-state index in [1.165, 1.54) is 0 Å². The first-order valence-corrected chi connectivity index (χ1v) is 9.15. The van der Waals surface area contributed by atoms with E-state index in [1.807, 2.05) is 0 Å². The predicted molar refractivity (Wildman–Crippen MR) is 81.0 cm³/mol. The number of nitrogens with one attached hydrogen (secondary N) is 1. The first-order chi connectivity index (χ1) is 8.90. The number of hydrogen-bond donors (Lipinski definition) is 1. The summed E-state index contributed by atoms with van der Waals surface area (Å²) >= 11 is 6.63. The lowest BCUT2D eigenvalue weighted by molar-refractivity contribution is 0.0953. The number of benzene rings is 1. The van der Waals surface area contributed by atoms with Gasteiger partial charge in [0, 0.05) is 15.5 Å². The van der Waals surface area contributed by atoms with Gasteiger partial charge in [-0.15, -0.1) is 0 Å². The molecule has 1 aromatic carbocycles. The zero-order chi connectivity index (χ0) is 14.0. The van der Waals surface area contributed by atoms with Gasteiger partial charge in [0.2, 0.25) is 0 Å². The Morgan fingerprint density at radius 3 is 2.68 bits per heavy atom. The molecule has 0 saturated carbocycles. The molecule has 0 bridgehead atoms. The molecule has 104 valence electrons. The lowest BCUT2D eigenvalue weighted by Gasteiger charge is -2.11. The molecule has 1 amide bonds. The summed E-state index contributed by atoms with van der Waals surface area (Å²) < 4.78 is 24.9. The van der Waals surface area contributed by atoms with Gasteiger partial charge in [-0.2, -0.15) is 0 Å². The van der Waals surface area contributed by atoms with E-state index in [-0.39, 0.29) is 18.2 Å². The molecule has 0 aromatic heterocycles. The molecule has 1 aromatic rings. The molecule has 1 heterocycles. The van der Waals surface area contributed by atoms with Crippen molar-refractivity contribution in [3.8, 4) is 0 Å². The average molecular weight is 411 g/mol. The van der Waals surface area contributed by atoms with Crippen LogP contribution in [0.25, 0.3) is 0 Å². The monoisotopic (exact) mass is 409 g/mol. The highest BCUT2D eigenvalue weighted by atomic mass is 79.9. The van der Waals surface area contributed by atoms with Crippen LogP contribution in [0, 0.1) is 0 Å². The molecule has 1 aliphatic rings. The van der Waals surface area contributed by atoms with Crippen molar-refractivity contribution >= 4 is 47.6 Å². The highest BCUT2D eigenvalue weighted by Gasteiger charge is 2.31. The Kier molecular flexibility index (Phi) is 4.68. The SMILES string of the molecule is O=C(NCC1CCCS1(=O)=O)c1ccc(Br)cc1Br. The summed E-state index contributed by atoms with van der Waals surface area (Å²) in [6.07, 6.45) is 1.31. The van der Waals surface area contributed by atoms with Crippen LogP contribution in [-0.2, 0) is 9.84 Å². The summed E-state index contributed by atoms with van der Waals surface area (Å²) in [5.74, 6) is -0.0309. The average Bonchev–Trinajstić information content (AvgIpc) is 2.65. The molecule has 1 unspecified atom stereocenters. The van der Waals surface area contributed by atoms with Crippen LogP contribution in [-0.4, -0.2) is 31.9 Å². The van der Waals surface area contributed by atoms with Gasteiger partial charge in [-0.3, -0.25) is 4.79 Å². The molecule has 7 heteroatoms. The summed E-state index contributed by atoms with van der Waals surface area (Å²) in [5, 5.41) is 2.25. The summed E-state index contributed by atoms with van der Waals surface area (Å²) in [6, 6.07) is 5.24. The normalized spacial score (nSPS) is 21.3. The zero-order valence-corrected chi connectivity index (χ0v) is 14.0. The van der Waals surface area contributed by atoms with E-state index in [0.29, 0.717) is 22.9 Å². The Labute approximate surface area is 129 Å². The van der Waals surface area contributed by atoms with Gasteiger partial charge in [-0.1, -0.05) is 15.9 Å². The number of hydrogen-bond acceptors (Lipinski definition) is 3. The van der Waals surface area contributed by atoms with Gasteiger partial charge in [-0.05, 0) is 47.0 Å². The number of halogens is 2. The maximum atomic E-state index is 12.0. The van der Waals surface area contributed by atoms with Gasteiger partial charge in [0.15, 0.2) is 9.84 Å². The van der Waals surface area contributed by atoms with E-state index in [2.05, 4.69) is 37.2 Å². The van der Waals surface area contributed by atoms with Gasteiger partial charge in [0.1, 0.15) is 0 Å². The highest BCUT2D eigenvalue weighted by Crippen LogP contribution is 2.22. The summed E-state index contributed by atoms with van der Waals surface area (Å²) in [6.45, 7) is 0.184. The second-order valence-corrected chi connectivity index (χ2v) is 8.64. The zero-order valence-electron chi connectivity index (χ0n) is 10.0. The van der Waals surface area contributed by atoms with Crippen LogP contribution in [0.3, 0.4) is 0 Å². The molecule has 1 atom stereocenters. The molecule has 0 aliphatic carbocycles. The fraction of sp³-hybridized carbons (Fsp3) is 0.417. The molecule has 19 heavy (non-hydrogen) atoms. The van der Waals surface area contributed by atoms with Crippen molar-refractivity contribution in [2.75, 3.05) is 12.3 Å². The molecule has 4 nitrogen and oxygen atoms in total. The van der Waals surface area contributed by atoms with Crippen molar-refractivity contribution in [2.24, 2.45) is 0 Å². The Morgan fingerprint density at radius 1 is 1.37 bits per heavy atom. The van der Waals surface area contributed by atoms with Crippen molar-refractivity contribution in [3.05, 3.63) is 32.7 Å². The minimum absolute atomic E-state index is 0.184. The summed E-state index contributed by atoms with van der Waals surface area (Å²) in [5.41, 5.74) is 0.499. The lowest BCUT2D eigenvalue weighted by atomic mass is 10.2. The van der Waals surface area contributed by atoms with Crippen LogP contribution in [0.4, 0.5) is 0 Å². The Hall–Kier alpha value is -0.400. The third-order valence-electron chi connectivity index (χ3n) is 3.13. The van der Waals surface area contributed by atoms with Crippen molar-refractivity contribution in [1.82, 2.24) is 5.32 Å². The largest absolute Gasteiger partial charge is 0.351 e. The second kappa shape index (κ2) is 5.93. The third kappa shape index (κ3) is 3.58. The van der Waals surface area contributed by atoms with Crippen LogP contribution in [0.15, 0.2) is 27.1 Å². The fourth-order valence-corrected chi connectivity index (χ4v) is 5.06. The molecule has 1 fully saturated rings. The van der Waals surface area contributed by atoms with E-state index in [4.69, 9.17) is 0 Å². The van der Waals surface area contributed by atoms with Gasteiger partial charge < -0.3 is 5.32 Å². The van der Waals surface area contributed by atoms with Crippen molar-refractivity contribution in [1.29, 1.82) is 0 Å². The van der Waals surface area contributed by atoms with E-state index in [1.54, 1.807) is 18.2 Å². The van der Waals surface area contributed by atoms with Crippen LogP contribution in [0.5, 0.6) is 0 Å². The van der Waals surface area contributed by atoms with Crippen molar-refractivity contribution in [2.45, 2.75) is 18.1 Å². The molecular formula is C12H13Br2NO3S. The third-order valence-corrected chi connectivity index (χ3v) is 6.55. The quantitative estimate of drug-likeness (QED) is 0.832. The Morgan fingerprint density at radius 2 is 2.11 bits per heavy atom. The first-order valence-electron chi connectivity index (χ1n) is 5.85. The number of amides is 1. The number of carbonyl (C=O) groups is 1. The predicted octanol–water partition coefficient (Wildman–Crippen LogP) is 2.52. The summed E-state index contributed by atoms with van der Waals surface area (Å²) in [4.78, 5) is 12.0. The fourth-order valence-electron chi connectivity index (χ4n) is 2.06. The van der Waals surface area contributed by atoms with Gasteiger partial charge in [0.05, 0.1) is 16.6 Å². The Balaban J connectivity index is 2.02. The van der Waals surface area contributed by atoms with Crippen molar-refractivity contribution in [3.63, 3.8) is 0 Å². The molecule has 1 aliphatic heterocycles. The first kappa shape index (κ1) is 15.0. The van der Waals surface area contributed by atoms with Crippen LogP contribution in [0.1, 0.15) is 23.2 Å². The summed E-state index contributed by atoms with van der Waals surface area (Å²) in [7, 11) is -3.02. The molecule has 2 rings (SSSR count). The standard InChI is InChI=1S/C12H13Br2NO3S/c13-8-3-4-10(11(14)6-8)12(16)15-7-9-2-1-5-19(9,17)18/h3-4,6,9H,1-2,5,7H2,(H,15,16). The number of sulfone groups is 1. The van der Waals surface area contributed by atoms with E-state index >= 15 is 0 Å². The van der Waals surface area contributed by atoms with E-state index in [0.717, 1.165) is 4.47 Å². The highest BCUT2D eigenvalue weighted by molar-refractivity contribution is 9.11. The van der Waals surface area contributed by atoms with E-state index in [9.17, 15) is 13.2 Å². The minimum atomic E-state index is -3.02. The van der Waals surface area contributed by atoms with Crippen LogP contribution in [0.2, 0.25) is 0 Å². The minimum Gasteiger partial charge on any atom is -0.351 e. The molecular weight excluding hydrogens is 398 g/mol. The molecule has 1 saturated heterocycles. The lowest BCUT2D eigenvalue weighted by Crippen LogP contribution is -2.34. The van der Waals surface area contributed by atoms with Crippen LogP contribution < -0.4 is 5.32 Å². The topological polar surface area (TPSA) is 63.2 Å². The van der Waals surface area contributed by atoms with E-state index < -0.39 is 15.1 Å². The van der Waals surface area contributed by atoms with Crippen LogP contribution >= 0.6 is 31.9 Å². The second-order valence-electron chi connectivity index (χ2n) is 4.47. The van der Waals surface area contributed by atoms with Crippen molar-refractivity contribution < 1.29 is 13.2 Å². The maximum Gasteiger partial charge on any atom is 0.252 e. The smallest absolute Gasteiger partial charge is 0.252 e. The Bertz CT molecular complexity index is 601. The molecule has 0 radical (unpaired) electrons. The van der Waals surface area contributed by atoms with Gasteiger partial charge in [0.25, 0.3) is 5.91 Å². The van der Waals surface area contributed by atoms with Gasteiger partial charge >= 0.3 is 0 Å². The molecule has 1 N–H and O–H groups in total. The molecule has 0 spiro atoms. The van der Waals surface area contributed by atoms with Gasteiger partial charge in [-0.25, -0.2) is 8.42 Å². The number of carbonyl (C=O) groups excluding carboxylic acids is 1. The number of rotatable bonds is 3. The maximum absolute atomic E-state index is 12.0.